The van der Waals surface area contributed by atoms with Gasteiger partial charge in [0.1, 0.15) is 11.6 Å². The van der Waals surface area contributed by atoms with Crippen LogP contribution >= 0.6 is 0 Å². The normalized spacial score (nSPS) is 15.2. The number of anilines is 1. The molecule has 152 valence electrons. The van der Waals surface area contributed by atoms with Crippen molar-refractivity contribution in [3.05, 3.63) is 30.3 Å². The molecule has 1 amide bonds. The van der Waals surface area contributed by atoms with Crippen LogP contribution < -0.4 is 5.32 Å². The molecule has 28 heavy (non-hydrogen) atoms. The predicted molar refractivity (Wildman–Crippen MR) is 103 cm³/mol. The molecule has 0 saturated carbocycles. The van der Waals surface area contributed by atoms with Crippen LogP contribution in [0.4, 0.5) is 10.2 Å². The average Bonchev–Trinajstić information content (AvgIpc) is 3.11. The number of carbonyl (C=O) groups excluding carboxylic acids is 1. The van der Waals surface area contributed by atoms with Crippen LogP contribution in [0.25, 0.3) is 11.3 Å². The van der Waals surface area contributed by atoms with E-state index in [4.69, 9.17) is 9.90 Å². The average molecular weight is 391 g/mol. The molecule has 2 aromatic heterocycles. The van der Waals surface area contributed by atoms with E-state index in [1.165, 1.54) is 31.5 Å². The van der Waals surface area contributed by atoms with Crippen molar-refractivity contribution >= 4 is 18.2 Å². The number of halogens is 1. The second-order valence-corrected chi connectivity index (χ2v) is 6.88. The fraction of sp³-hybridized carbons (Fsp3) is 0.474. The topological polar surface area (TPSA) is 111 Å². The lowest BCUT2D eigenvalue weighted by molar-refractivity contribution is -0.123. The van der Waals surface area contributed by atoms with Crippen LogP contribution in [0.1, 0.15) is 32.6 Å². The van der Waals surface area contributed by atoms with Gasteiger partial charge in [-0.15, -0.1) is 0 Å². The van der Waals surface area contributed by atoms with Gasteiger partial charge >= 0.3 is 0 Å². The van der Waals surface area contributed by atoms with Gasteiger partial charge < -0.3 is 15.3 Å². The summed E-state index contributed by atoms with van der Waals surface area (Å²) in [6.07, 6.45) is 6.96. The summed E-state index contributed by atoms with van der Waals surface area (Å²) in [6.45, 7) is 5.08. The fourth-order valence-electron chi connectivity index (χ4n) is 3.25. The third-order valence-electron chi connectivity index (χ3n) is 4.41. The number of carbonyl (C=O) groups is 2. The number of carboxylic acid groups (broad SMARTS) is 1. The number of piperidine rings is 1. The van der Waals surface area contributed by atoms with Crippen LogP contribution in [0.15, 0.2) is 24.5 Å². The molecule has 1 atom stereocenters. The molecule has 8 nitrogen and oxygen atoms in total. The monoisotopic (exact) mass is 391 g/mol. The molecule has 3 rings (SSSR count). The van der Waals surface area contributed by atoms with Gasteiger partial charge in [0.25, 0.3) is 6.47 Å². The van der Waals surface area contributed by atoms with Crippen LogP contribution in [0.2, 0.25) is 0 Å². The number of nitrogens with one attached hydrogen (secondary N) is 2. The first-order valence-electron chi connectivity index (χ1n) is 9.28. The van der Waals surface area contributed by atoms with Crippen molar-refractivity contribution in [3.8, 4) is 11.3 Å². The van der Waals surface area contributed by atoms with Crippen LogP contribution in [-0.2, 0) is 9.59 Å². The van der Waals surface area contributed by atoms with Crippen molar-refractivity contribution in [2.45, 2.75) is 32.6 Å². The van der Waals surface area contributed by atoms with E-state index in [-0.39, 0.29) is 12.4 Å². The Morgan fingerprint density at radius 3 is 2.75 bits per heavy atom. The number of H-pyrrole nitrogens is 1. The Labute approximate surface area is 163 Å². The summed E-state index contributed by atoms with van der Waals surface area (Å²) >= 11 is 0. The van der Waals surface area contributed by atoms with Crippen LogP contribution in [-0.4, -0.2) is 57.2 Å². The van der Waals surface area contributed by atoms with E-state index in [1.54, 1.807) is 6.07 Å². The fourth-order valence-corrected chi connectivity index (χ4v) is 3.25. The molecule has 0 bridgehead atoms. The van der Waals surface area contributed by atoms with Crippen LogP contribution in [0, 0.1) is 11.7 Å². The van der Waals surface area contributed by atoms with E-state index < -0.39 is 5.82 Å². The van der Waals surface area contributed by atoms with Gasteiger partial charge in [0.05, 0.1) is 11.9 Å². The van der Waals surface area contributed by atoms with Crippen molar-refractivity contribution in [3.63, 3.8) is 0 Å². The third kappa shape index (κ3) is 7.07. The Kier molecular flexibility index (Phi) is 8.54. The quantitative estimate of drug-likeness (QED) is 0.653. The Balaban J connectivity index is 0.000000878. The Hall–Kier alpha value is -2.81. The molecule has 0 spiro atoms. The smallest absolute Gasteiger partial charge is 0.290 e. The van der Waals surface area contributed by atoms with E-state index in [2.05, 4.69) is 32.3 Å². The van der Waals surface area contributed by atoms with E-state index >= 15 is 0 Å². The lowest BCUT2D eigenvalue weighted by Gasteiger charge is -2.28. The van der Waals surface area contributed by atoms with Gasteiger partial charge in [0.15, 0.2) is 0 Å². The van der Waals surface area contributed by atoms with Gasteiger partial charge in [-0.2, -0.15) is 5.10 Å². The van der Waals surface area contributed by atoms with Crippen molar-refractivity contribution < 1.29 is 19.1 Å². The molecule has 1 saturated heterocycles. The lowest BCUT2D eigenvalue weighted by atomic mass is 10.0. The molecule has 1 aliphatic rings. The zero-order valence-electron chi connectivity index (χ0n) is 15.9. The van der Waals surface area contributed by atoms with Crippen molar-refractivity contribution in [2.75, 3.05) is 25.0 Å². The minimum Gasteiger partial charge on any atom is -0.483 e. The number of nitrogens with zero attached hydrogens (tertiary/aromatic N) is 3. The highest BCUT2D eigenvalue weighted by atomic mass is 19.1. The highest BCUT2D eigenvalue weighted by molar-refractivity contribution is 5.90. The first-order chi connectivity index (χ1) is 13.5. The van der Waals surface area contributed by atoms with Crippen molar-refractivity contribution in [1.82, 2.24) is 20.1 Å². The summed E-state index contributed by atoms with van der Waals surface area (Å²) in [5.41, 5.74) is 1.11. The minimum absolute atomic E-state index is 0.0444. The van der Waals surface area contributed by atoms with Gasteiger partial charge in [0, 0.05) is 30.8 Å². The van der Waals surface area contributed by atoms with Gasteiger partial charge in [0.2, 0.25) is 5.91 Å². The maximum absolute atomic E-state index is 13.2. The van der Waals surface area contributed by atoms with Crippen LogP contribution in [0.3, 0.4) is 0 Å². The van der Waals surface area contributed by atoms with E-state index in [0.29, 0.717) is 29.4 Å². The zero-order valence-corrected chi connectivity index (χ0v) is 15.9. The number of rotatable bonds is 6. The summed E-state index contributed by atoms with van der Waals surface area (Å²) in [6, 6.07) is 3.04. The number of hydrogen-bond donors (Lipinski definition) is 3. The maximum Gasteiger partial charge on any atom is 0.290 e. The third-order valence-corrected chi connectivity index (χ3v) is 4.41. The number of aromatic nitrogens is 3. The summed E-state index contributed by atoms with van der Waals surface area (Å²) in [5.74, 6) is 0.344. The second-order valence-electron chi connectivity index (χ2n) is 6.88. The highest BCUT2D eigenvalue weighted by Gasteiger charge is 2.16. The lowest BCUT2D eigenvalue weighted by Crippen LogP contribution is -2.34. The van der Waals surface area contributed by atoms with Gasteiger partial charge in [-0.05, 0) is 37.9 Å². The molecular weight excluding hydrogens is 365 g/mol. The number of hydrogen-bond acceptors (Lipinski definition) is 5. The summed E-state index contributed by atoms with van der Waals surface area (Å²) < 4.78 is 13.2. The molecule has 0 aromatic carbocycles. The largest absolute Gasteiger partial charge is 0.483 e. The number of amides is 1. The molecule has 0 aliphatic carbocycles. The standard InChI is InChI=1S/C18H24FN5O.CH2O2/c1-13(12-24-5-3-2-4-6-24)7-18(25)21-17-9-16(22-23-17)14-8-15(19)11-20-10-14;2-1-3/h8-11,13H,2-7,12H2,1H3,(H2,21,22,23,25);1H,(H,2,3). The molecule has 1 unspecified atom stereocenters. The summed E-state index contributed by atoms with van der Waals surface area (Å²) in [4.78, 5) is 26.8. The second kappa shape index (κ2) is 11.1. The maximum atomic E-state index is 13.2. The van der Waals surface area contributed by atoms with Crippen molar-refractivity contribution in [1.29, 1.82) is 0 Å². The molecule has 3 N–H and O–H groups in total. The van der Waals surface area contributed by atoms with E-state index in [9.17, 15) is 9.18 Å². The zero-order chi connectivity index (χ0) is 20.4. The number of aromatic amines is 1. The van der Waals surface area contributed by atoms with Crippen LogP contribution in [0.5, 0.6) is 0 Å². The van der Waals surface area contributed by atoms with Gasteiger partial charge in [-0.3, -0.25) is 19.7 Å². The SMILES string of the molecule is CC(CC(=O)Nc1cc(-c2cncc(F)c2)n[nH]1)CN1CCCCC1.O=CO. The molecule has 9 heteroatoms. The first-order valence-corrected chi connectivity index (χ1v) is 9.28. The Bertz CT molecular complexity index is 762. The Morgan fingerprint density at radius 1 is 1.36 bits per heavy atom. The summed E-state index contributed by atoms with van der Waals surface area (Å²) in [7, 11) is 0. The van der Waals surface area contributed by atoms with Crippen molar-refractivity contribution in [2.24, 2.45) is 5.92 Å². The molecular formula is C19H26FN5O3. The highest BCUT2D eigenvalue weighted by Crippen LogP contribution is 2.20. The molecule has 1 aliphatic heterocycles. The van der Waals surface area contributed by atoms with Gasteiger partial charge in [-0.1, -0.05) is 13.3 Å². The molecule has 0 radical (unpaired) electrons. The molecule has 1 fully saturated rings. The summed E-state index contributed by atoms with van der Waals surface area (Å²) in [5, 5.41) is 16.6. The number of likely N-dealkylation sites (tertiary alicyclic amines) is 1. The number of pyridine rings is 1. The van der Waals surface area contributed by atoms with E-state index in [1.807, 2.05) is 0 Å². The molecule has 2 aromatic rings. The van der Waals surface area contributed by atoms with E-state index in [0.717, 1.165) is 25.8 Å². The first kappa shape index (κ1) is 21.5. The minimum atomic E-state index is -0.419. The predicted octanol–water partition coefficient (Wildman–Crippen LogP) is 2.76. The Morgan fingerprint density at radius 2 is 2.07 bits per heavy atom. The molecule has 3 heterocycles. The van der Waals surface area contributed by atoms with Gasteiger partial charge in [-0.25, -0.2) is 4.39 Å².